The van der Waals surface area contributed by atoms with Gasteiger partial charge < -0.3 is 15.2 Å². The average Bonchev–Trinajstić information content (AvgIpc) is 2.66. The summed E-state index contributed by atoms with van der Waals surface area (Å²) in [6.07, 6.45) is 4.39. The Morgan fingerprint density at radius 1 is 1.20 bits per heavy atom. The fourth-order valence-electron chi connectivity index (χ4n) is 2.28. The first-order valence-electron chi connectivity index (χ1n) is 5.79. The van der Waals surface area contributed by atoms with Gasteiger partial charge in [0.25, 0.3) is 0 Å². The molecule has 0 spiro atoms. The van der Waals surface area contributed by atoms with E-state index in [9.17, 15) is 4.79 Å². The highest BCUT2D eigenvalue weighted by Crippen LogP contribution is 2.26. The molecule has 4 heteroatoms. The van der Waals surface area contributed by atoms with E-state index in [1.165, 1.54) is 0 Å². The van der Waals surface area contributed by atoms with Crippen LogP contribution in [0.1, 0.15) is 32.1 Å². The molecule has 2 fully saturated rings. The first kappa shape index (κ1) is 10.9. The zero-order valence-electron chi connectivity index (χ0n) is 8.98. The van der Waals surface area contributed by atoms with E-state index in [1.807, 2.05) is 0 Å². The molecule has 2 atom stereocenters. The average molecular weight is 213 g/mol. The molecule has 4 nitrogen and oxygen atoms in total. The van der Waals surface area contributed by atoms with Gasteiger partial charge in [-0.05, 0) is 19.3 Å². The van der Waals surface area contributed by atoms with Crippen molar-refractivity contribution in [1.29, 1.82) is 0 Å². The maximum absolute atomic E-state index is 11.7. The standard InChI is InChI=1S/C11H19NO3/c12-9-2-1-8(7-9)11(13)15-10-3-5-14-6-4-10/h8-10H,1-7,12H2. The molecule has 0 bridgehead atoms. The topological polar surface area (TPSA) is 61.6 Å². The molecule has 1 saturated heterocycles. The first-order chi connectivity index (χ1) is 7.25. The van der Waals surface area contributed by atoms with Crippen molar-refractivity contribution in [1.82, 2.24) is 0 Å². The van der Waals surface area contributed by atoms with E-state index in [1.54, 1.807) is 0 Å². The summed E-state index contributed by atoms with van der Waals surface area (Å²) in [6, 6.07) is 0.192. The third-order valence-electron chi connectivity index (χ3n) is 3.26. The highest BCUT2D eigenvalue weighted by Gasteiger charge is 2.30. The van der Waals surface area contributed by atoms with Crippen LogP contribution >= 0.6 is 0 Å². The molecule has 1 aliphatic carbocycles. The van der Waals surface area contributed by atoms with E-state index in [-0.39, 0.29) is 24.0 Å². The van der Waals surface area contributed by atoms with Gasteiger partial charge in [0, 0.05) is 18.9 Å². The quantitative estimate of drug-likeness (QED) is 0.690. The molecule has 2 aliphatic rings. The van der Waals surface area contributed by atoms with Gasteiger partial charge in [0.05, 0.1) is 19.1 Å². The Hall–Kier alpha value is -0.610. The lowest BCUT2D eigenvalue weighted by atomic mass is 10.1. The summed E-state index contributed by atoms with van der Waals surface area (Å²) in [5.41, 5.74) is 5.77. The second-order valence-corrected chi connectivity index (χ2v) is 4.52. The Morgan fingerprint density at radius 3 is 2.53 bits per heavy atom. The van der Waals surface area contributed by atoms with Crippen molar-refractivity contribution in [3.8, 4) is 0 Å². The Bertz CT molecular complexity index is 226. The van der Waals surface area contributed by atoms with Gasteiger partial charge in [0.1, 0.15) is 6.10 Å². The zero-order chi connectivity index (χ0) is 10.7. The lowest BCUT2D eigenvalue weighted by molar-refractivity contribution is -0.157. The van der Waals surface area contributed by atoms with E-state index >= 15 is 0 Å². The first-order valence-corrected chi connectivity index (χ1v) is 5.79. The van der Waals surface area contributed by atoms with Crippen molar-refractivity contribution < 1.29 is 14.3 Å². The number of carbonyl (C=O) groups excluding carboxylic acids is 1. The molecule has 86 valence electrons. The Kier molecular flexibility index (Phi) is 3.59. The van der Waals surface area contributed by atoms with E-state index in [4.69, 9.17) is 15.2 Å². The van der Waals surface area contributed by atoms with Crippen molar-refractivity contribution in [3.05, 3.63) is 0 Å². The SMILES string of the molecule is NC1CCC(C(=O)OC2CCOCC2)C1. The van der Waals surface area contributed by atoms with Gasteiger partial charge in [0.2, 0.25) is 0 Å². The van der Waals surface area contributed by atoms with Gasteiger partial charge in [-0.2, -0.15) is 0 Å². The number of carbonyl (C=O) groups is 1. The summed E-state index contributed by atoms with van der Waals surface area (Å²) in [4.78, 5) is 11.7. The molecule has 2 rings (SSSR count). The van der Waals surface area contributed by atoms with Crippen LogP contribution in [0.25, 0.3) is 0 Å². The fraction of sp³-hybridized carbons (Fsp3) is 0.909. The summed E-state index contributed by atoms with van der Waals surface area (Å²) in [5.74, 6) is -0.00213. The third-order valence-corrected chi connectivity index (χ3v) is 3.26. The predicted molar refractivity (Wildman–Crippen MR) is 55.2 cm³/mol. The summed E-state index contributed by atoms with van der Waals surface area (Å²) in [5, 5.41) is 0. The molecule has 2 unspecified atom stereocenters. The molecule has 2 N–H and O–H groups in total. The molecule has 0 amide bonds. The number of nitrogens with two attached hydrogens (primary N) is 1. The van der Waals surface area contributed by atoms with Crippen LogP contribution in [0, 0.1) is 5.92 Å². The normalized spacial score (nSPS) is 32.9. The van der Waals surface area contributed by atoms with Crippen molar-refractivity contribution in [2.75, 3.05) is 13.2 Å². The largest absolute Gasteiger partial charge is 0.462 e. The Morgan fingerprint density at radius 2 is 1.93 bits per heavy atom. The van der Waals surface area contributed by atoms with E-state index in [0.29, 0.717) is 13.2 Å². The lowest BCUT2D eigenvalue weighted by Crippen LogP contribution is -2.29. The summed E-state index contributed by atoms with van der Waals surface area (Å²) >= 11 is 0. The molecule has 1 aliphatic heterocycles. The molecule has 1 heterocycles. The second-order valence-electron chi connectivity index (χ2n) is 4.52. The van der Waals surface area contributed by atoms with Crippen LogP contribution < -0.4 is 5.73 Å². The van der Waals surface area contributed by atoms with Gasteiger partial charge in [-0.1, -0.05) is 0 Å². The molecule has 0 aromatic heterocycles. The smallest absolute Gasteiger partial charge is 0.309 e. The van der Waals surface area contributed by atoms with Crippen LogP contribution in [0.2, 0.25) is 0 Å². The lowest BCUT2D eigenvalue weighted by Gasteiger charge is -2.23. The van der Waals surface area contributed by atoms with Crippen molar-refractivity contribution in [2.45, 2.75) is 44.2 Å². The van der Waals surface area contributed by atoms with E-state index in [2.05, 4.69) is 0 Å². The molecular formula is C11H19NO3. The summed E-state index contributed by atoms with van der Waals surface area (Å²) in [6.45, 7) is 1.42. The number of rotatable bonds is 2. The van der Waals surface area contributed by atoms with Crippen LogP contribution in [0.4, 0.5) is 0 Å². The van der Waals surface area contributed by atoms with Crippen LogP contribution in [-0.2, 0) is 14.3 Å². The Labute approximate surface area is 90.1 Å². The number of hydrogen-bond donors (Lipinski definition) is 1. The van der Waals surface area contributed by atoms with Crippen molar-refractivity contribution in [3.63, 3.8) is 0 Å². The van der Waals surface area contributed by atoms with E-state index in [0.717, 1.165) is 32.1 Å². The minimum atomic E-state index is -0.0464. The molecule has 0 aromatic carbocycles. The number of esters is 1. The van der Waals surface area contributed by atoms with Crippen molar-refractivity contribution in [2.24, 2.45) is 11.7 Å². The monoisotopic (exact) mass is 213 g/mol. The van der Waals surface area contributed by atoms with Gasteiger partial charge in [0.15, 0.2) is 0 Å². The van der Waals surface area contributed by atoms with Crippen molar-refractivity contribution >= 4 is 5.97 Å². The molecule has 15 heavy (non-hydrogen) atoms. The minimum Gasteiger partial charge on any atom is -0.462 e. The van der Waals surface area contributed by atoms with Crippen LogP contribution in [0.3, 0.4) is 0 Å². The third kappa shape index (κ3) is 2.92. The van der Waals surface area contributed by atoms with E-state index < -0.39 is 0 Å². The summed E-state index contributed by atoms with van der Waals surface area (Å²) in [7, 11) is 0. The molecule has 0 aromatic rings. The Balaban J connectivity index is 1.76. The predicted octanol–water partition coefficient (Wildman–Crippen LogP) is 0.836. The molecule has 0 radical (unpaired) electrons. The van der Waals surface area contributed by atoms with Gasteiger partial charge in [-0.15, -0.1) is 0 Å². The minimum absolute atomic E-state index is 0.0443. The highest BCUT2D eigenvalue weighted by molar-refractivity contribution is 5.73. The highest BCUT2D eigenvalue weighted by atomic mass is 16.6. The number of ether oxygens (including phenoxy) is 2. The molecular weight excluding hydrogens is 194 g/mol. The summed E-state index contributed by atoms with van der Waals surface area (Å²) < 4.78 is 10.7. The maximum Gasteiger partial charge on any atom is 0.309 e. The molecule has 1 saturated carbocycles. The van der Waals surface area contributed by atoms with Crippen LogP contribution in [-0.4, -0.2) is 31.3 Å². The van der Waals surface area contributed by atoms with Crippen LogP contribution in [0.15, 0.2) is 0 Å². The second kappa shape index (κ2) is 4.94. The number of hydrogen-bond acceptors (Lipinski definition) is 4. The van der Waals surface area contributed by atoms with Gasteiger partial charge in [-0.25, -0.2) is 0 Å². The fourth-order valence-corrected chi connectivity index (χ4v) is 2.28. The van der Waals surface area contributed by atoms with Gasteiger partial charge >= 0.3 is 5.97 Å². The maximum atomic E-state index is 11.7. The van der Waals surface area contributed by atoms with Gasteiger partial charge in [-0.3, -0.25) is 4.79 Å². The van der Waals surface area contributed by atoms with Crippen LogP contribution in [0.5, 0.6) is 0 Å². The zero-order valence-corrected chi connectivity index (χ0v) is 8.98.